The second-order valence-corrected chi connectivity index (χ2v) is 8.39. The van der Waals surface area contributed by atoms with Crippen LogP contribution in [0, 0.1) is 0 Å². The zero-order valence-corrected chi connectivity index (χ0v) is 17.9. The van der Waals surface area contributed by atoms with Gasteiger partial charge in [0.05, 0.1) is 10.9 Å². The van der Waals surface area contributed by atoms with Crippen LogP contribution in [0.3, 0.4) is 0 Å². The van der Waals surface area contributed by atoms with Crippen molar-refractivity contribution in [3.05, 3.63) is 76.5 Å². The molecule has 0 aliphatic carbocycles. The van der Waals surface area contributed by atoms with Crippen molar-refractivity contribution in [2.45, 2.75) is 31.7 Å². The van der Waals surface area contributed by atoms with Crippen molar-refractivity contribution in [1.29, 1.82) is 0 Å². The minimum Gasteiger partial charge on any atom is -0.448 e. The van der Waals surface area contributed by atoms with E-state index in [1.807, 2.05) is 42.5 Å². The number of carbonyl (C=O) groups excluding carboxylic acids is 3. The van der Waals surface area contributed by atoms with Gasteiger partial charge >= 0.3 is 0 Å². The summed E-state index contributed by atoms with van der Waals surface area (Å²) in [5, 5.41) is 2.90. The molecule has 5 rings (SSSR count). The summed E-state index contributed by atoms with van der Waals surface area (Å²) in [5.74, 6) is -0.472. The third kappa shape index (κ3) is 3.69. The van der Waals surface area contributed by atoms with Gasteiger partial charge in [0.25, 0.3) is 5.91 Å². The fourth-order valence-corrected chi connectivity index (χ4v) is 4.67. The van der Waals surface area contributed by atoms with Crippen LogP contribution in [0.4, 0.5) is 0 Å². The summed E-state index contributed by atoms with van der Waals surface area (Å²) in [6.07, 6.45) is 2.72. The molecule has 8 heteroatoms. The number of hydrogen-bond acceptors (Lipinski definition) is 5. The van der Waals surface area contributed by atoms with Crippen LogP contribution in [0.2, 0.25) is 5.02 Å². The average Bonchev–Trinajstić information content (AvgIpc) is 3.27. The number of nitrogens with one attached hydrogen (secondary N) is 1. The number of oxazole rings is 1. The summed E-state index contributed by atoms with van der Waals surface area (Å²) in [7, 11) is 0. The van der Waals surface area contributed by atoms with Gasteiger partial charge in [0.1, 0.15) is 5.76 Å². The van der Waals surface area contributed by atoms with Crippen molar-refractivity contribution in [2.24, 2.45) is 0 Å². The fourth-order valence-electron chi connectivity index (χ4n) is 4.30. The number of imide groups is 1. The van der Waals surface area contributed by atoms with E-state index in [0.29, 0.717) is 48.8 Å². The van der Waals surface area contributed by atoms with E-state index >= 15 is 0 Å². The van der Waals surface area contributed by atoms with Crippen molar-refractivity contribution in [3.8, 4) is 11.1 Å². The monoisotopic (exact) mass is 449 g/mol. The summed E-state index contributed by atoms with van der Waals surface area (Å²) >= 11 is 6.70. The molecule has 0 radical (unpaired) electrons. The van der Waals surface area contributed by atoms with Crippen molar-refractivity contribution in [2.75, 3.05) is 6.54 Å². The van der Waals surface area contributed by atoms with E-state index in [9.17, 15) is 14.4 Å². The van der Waals surface area contributed by atoms with Gasteiger partial charge in [-0.1, -0.05) is 54.1 Å². The summed E-state index contributed by atoms with van der Waals surface area (Å²) < 4.78 is 5.25. The molecule has 32 heavy (non-hydrogen) atoms. The number of fused-ring (bicyclic) bond motifs is 1. The SMILES string of the molecule is O=C1CCC(c2cccc(-c3ccc(CN4CCc5ocnc5C4=O)cc3)c2Cl)C(=O)N1. The molecule has 1 saturated heterocycles. The molecule has 3 aromatic rings. The van der Waals surface area contributed by atoms with Crippen LogP contribution >= 0.6 is 11.6 Å². The van der Waals surface area contributed by atoms with E-state index in [4.69, 9.17) is 16.0 Å². The molecule has 162 valence electrons. The van der Waals surface area contributed by atoms with Crippen LogP contribution in [0.25, 0.3) is 11.1 Å². The van der Waals surface area contributed by atoms with Gasteiger partial charge in [-0.05, 0) is 23.1 Å². The molecule has 2 aliphatic rings. The Morgan fingerprint density at radius 3 is 2.69 bits per heavy atom. The Labute approximate surface area is 189 Å². The van der Waals surface area contributed by atoms with E-state index < -0.39 is 5.92 Å². The van der Waals surface area contributed by atoms with Crippen molar-refractivity contribution in [1.82, 2.24) is 15.2 Å². The molecule has 2 aliphatic heterocycles. The Kier molecular flexibility index (Phi) is 5.27. The van der Waals surface area contributed by atoms with E-state index in [2.05, 4.69) is 10.3 Å². The van der Waals surface area contributed by atoms with Gasteiger partial charge in [-0.25, -0.2) is 4.98 Å². The third-order valence-electron chi connectivity index (χ3n) is 6.02. The first-order valence-electron chi connectivity index (χ1n) is 10.4. The predicted octanol–water partition coefficient (Wildman–Crippen LogP) is 3.71. The molecule has 1 aromatic heterocycles. The number of piperidine rings is 1. The molecular formula is C24H20ClN3O4. The van der Waals surface area contributed by atoms with E-state index in [1.165, 1.54) is 6.39 Å². The zero-order valence-electron chi connectivity index (χ0n) is 17.1. The van der Waals surface area contributed by atoms with Crippen LogP contribution in [-0.2, 0) is 22.6 Å². The first-order valence-corrected chi connectivity index (χ1v) is 10.8. The van der Waals surface area contributed by atoms with E-state index in [0.717, 1.165) is 22.3 Å². The standard InChI is InChI=1S/C24H20ClN3O4/c25-21-16(2-1-3-17(21)18-8-9-20(29)27-23(18)30)15-6-4-14(5-7-15)12-28-11-10-19-22(24(28)31)26-13-32-19/h1-7,13,18H,8-12H2,(H,27,29,30). The number of rotatable bonds is 4. The molecule has 1 unspecified atom stereocenters. The van der Waals surface area contributed by atoms with Gasteiger partial charge in [-0.15, -0.1) is 0 Å². The number of nitrogens with zero attached hydrogens (tertiary/aromatic N) is 2. The quantitative estimate of drug-likeness (QED) is 0.613. The largest absolute Gasteiger partial charge is 0.448 e. The number of amides is 3. The van der Waals surface area contributed by atoms with E-state index in [1.54, 1.807) is 4.90 Å². The molecule has 0 saturated carbocycles. The first-order chi connectivity index (χ1) is 15.5. The lowest BCUT2D eigenvalue weighted by Crippen LogP contribution is -2.39. The summed E-state index contributed by atoms with van der Waals surface area (Å²) in [6.45, 7) is 1.07. The number of carbonyl (C=O) groups is 3. The lowest BCUT2D eigenvalue weighted by atomic mass is 9.88. The Hall–Kier alpha value is -3.45. The number of hydrogen-bond donors (Lipinski definition) is 1. The molecule has 7 nitrogen and oxygen atoms in total. The lowest BCUT2D eigenvalue weighted by Gasteiger charge is -2.25. The Bertz CT molecular complexity index is 1220. The molecule has 0 spiro atoms. The second-order valence-electron chi connectivity index (χ2n) is 8.01. The summed E-state index contributed by atoms with van der Waals surface area (Å²) in [5.41, 5.74) is 3.84. The number of benzene rings is 2. The van der Waals surface area contributed by atoms with Crippen LogP contribution < -0.4 is 5.32 Å². The minimum atomic E-state index is -0.439. The lowest BCUT2D eigenvalue weighted by molar-refractivity contribution is -0.134. The number of aromatic nitrogens is 1. The predicted molar refractivity (Wildman–Crippen MR) is 117 cm³/mol. The Morgan fingerprint density at radius 2 is 1.91 bits per heavy atom. The van der Waals surface area contributed by atoms with Crippen molar-refractivity contribution < 1.29 is 18.8 Å². The Morgan fingerprint density at radius 1 is 1.09 bits per heavy atom. The topological polar surface area (TPSA) is 92.5 Å². The van der Waals surface area contributed by atoms with Gasteiger partial charge in [-0.3, -0.25) is 19.7 Å². The van der Waals surface area contributed by atoms with Gasteiger partial charge < -0.3 is 9.32 Å². The summed E-state index contributed by atoms with van der Waals surface area (Å²) in [4.78, 5) is 42.1. The molecular weight excluding hydrogens is 430 g/mol. The van der Waals surface area contributed by atoms with Crippen LogP contribution in [-0.4, -0.2) is 34.2 Å². The maximum absolute atomic E-state index is 12.6. The van der Waals surface area contributed by atoms with Crippen molar-refractivity contribution in [3.63, 3.8) is 0 Å². The fraction of sp³-hybridized carbons (Fsp3) is 0.250. The molecule has 1 fully saturated rings. The molecule has 1 N–H and O–H groups in total. The van der Waals surface area contributed by atoms with Gasteiger partial charge in [0.2, 0.25) is 11.8 Å². The molecule has 2 aromatic carbocycles. The van der Waals surface area contributed by atoms with Crippen LogP contribution in [0.15, 0.2) is 53.3 Å². The summed E-state index contributed by atoms with van der Waals surface area (Å²) in [6, 6.07) is 13.5. The smallest absolute Gasteiger partial charge is 0.276 e. The molecule has 0 bridgehead atoms. The van der Waals surface area contributed by atoms with Crippen molar-refractivity contribution >= 4 is 29.3 Å². The van der Waals surface area contributed by atoms with Crippen LogP contribution in [0.5, 0.6) is 0 Å². The molecule has 3 heterocycles. The minimum absolute atomic E-state index is 0.121. The second kappa shape index (κ2) is 8.24. The molecule has 3 amide bonds. The maximum Gasteiger partial charge on any atom is 0.276 e. The first kappa shape index (κ1) is 20.5. The normalized spacial score (nSPS) is 18.5. The van der Waals surface area contributed by atoms with E-state index in [-0.39, 0.29) is 17.7 Å². The number of halogens is 1. The van der Waals surface area contributed by atoms with Crippen LogP contribution in [0.1, 0.15) is 46.1 Å². The maximum atomic E-state index is 12.6. The van der Waals surface area contributed by atoms with Gasteiger partial charge in [-0.2, -0.15) is 0 Å². The van der Waals surface area contributed by atoms with Gasteiger partial charge in [0, 0.05) is 31.5 Å². The highest BCUT2D eigenvalue weighted by molar-refractivity contribution is 6.34. The zero-order chi connectivity index (χ0) is 22.2. The highest BCUT2D eigenvalue weighted by atomic mass is 35.5. The third-order valence-corrected chi connectivity index (χ3v) is 6.44. The highest BCUT2D eigenvalue weighted by Crippen LogP contribution is 2.37. The highest BCUT2D eigenvalue weighted by Gasteiger charge is 2.30. The Balaban J connectivity index is 1.35. The average molecular weight is 450 g/mol. The van der Waals surface area contributed by atoms with Gasteiger partial charge in [0.15, 0.2) is 12.1 Å². The molecule has 1 atom stereocenters.